The van der Waals surface area contributed by atoms with Crippen molar-refractivity contribution in [3.8, 4) is 0 Å². The van der Waals surface area contributed by atoms with E-state index in [9.17, 15) is 0 Å². The van der Waals surface area contributed by atoms with Gasteiger partial charge in [0.25, 0.3) is 0 Å². The zero-order chi connectivity index (χ0) is 12.3. The van der Waals surface area contributed by atoms with Crippen LogP contribution in [0.5, 0.6) is 0 Å². The summed E-state index contributed by atoms with van der Waals surface area (Å²) in [6.45, 7) is 3.98. The molecule has 90 valence electrons. The van der Waals surface area contributed by atoms with Crippen molar-refractivity contribution in [2.45, 2.75) is 32.7 Å². The largest absolute Gasteiger partial charge is 0.328 e. The molecule has 4 nitrogen and oxygen atoms in total. The van der Waals surface area contributed by atoms with Crippen LogP contribution in [0.2, 0.25) is 0 Å². The normalized spacial score (nSPS) is 12.6. The van der Waals surface area contributed by atoms with Gasteiger partial charge in [0.2, 0.25) is 0 Å². The van der Waals surface area contributed by atoms with Crippen molar-refractivity contribution in [2.24, 2.45) is 5.73 Å². The number of aromatic nitrogens is 3. The molecule has 0 aliphatic rings. The van der Waals surface area contributed by atoms with Crippen LogP contribution in [0.3, 0.4) is 0 Å². The van der Waals surface area contributed by atoms with Crippen molar-refractivity contribution in [2.75, 3.05) is 0 Å². The average molecular weight is 248 g/mol. The Kier molecular flexibility index (Phi) is 3.81. The summed E-state index contributed by atoms with van der Waals surface area (Å²) in [6.07, 6.45) is 3.27. The van der Waals surface area contributed by atoms with E-state index in [1.54, 1.807) is 17.5 Å². The zero-order valence-corrected chi connectivity index (χ0v) is 10.9. The lowest BCUT2D eigenvalue weighted by atomic mass is 10.2. The highest BCUT2D eigenvalue weighted by molar-refractivity contribution is 7.09. The summed E-state index contributed by atoms with van der Waals surface area (Å²) in [5.74, 6) is 0.813. The van der Waals surface area contributed by atoms with E-state index in [1.165, 1.54) is 0 Å². The lowest BCUT2D eigenvalue weighted by molar-refractivity contribution is 0.713. The smallest absolute Gasteiger partial charge is 0.134 e. The molecule has 2 rings (SSSR count). The van der Waals surface area contributed by atoms with E-state index in [0.717, 1.165) is 28.6 Å². The van der Waals surface area contributed by atoms with Gasteiger partial charge >= 0.3 is 0 Å². The highest BCUT2D eigenvalue weighted by atomic mass is 32.1. The van der Waals surface area contributed by atoms with E-state index in [0.29, 0.717) is 6.42 Å². The minimum atomic E-state index is 0.124. The van der Waals surface area contributed by atoms with Crippen molar-refractivity contribution >= 4 is 11.3 Å². The van der Waals surface area contributed by atoms with Crippen LogP contribution < -0.4 is 5.73 Å². The third-order valence-electron chi connectivity index (χ3n) is 2.30. The Morgan fingerprint density at radius 2 is 2.18 bits per heavy atom. The molecule has 2 aromatic rings. The Bertz CT molecular complexity index is 493. The number of rotatable bonds is 4. The topological polar surface area (TPSA) is 64.7 Å². The molecule has 2 aromatic heterocycles. The Morgan fingerprint density at radius 3 is 2.82 bits per heavy atom. The molecule has 0 spiro atoms. The van der Waals surface area contributed by atoms with Crippen molar-refractivity contribution in [3.63, 3.8) is 0 Å². The Balaban J connectivity index is 2.10. The summed E-state index contributed by atoms with van der Waals surface area (Å²) >= 11 is 1.65. The third kappa shape index (κ3) is 3.57. The first-order chi connectivity index (χ1) is 8.13. The number of nitrogens with two attached hydrogens (primary N) is 1. The molecule has 1 atom stereocenters. The SMILES string of the molecule is Cc1nc(Cc2nccc(CC(C)N)n2)cs1. The molecule has 0 aromatic carbocycles. The first-order valence-corrected chi connectivity index (χ1v) is 6.49. The molecular formula is C12H16N4S. The van der Waals surface area contributed by atoms with Gasteiger partial charge in [-0.25, -0.2) is 15.0 Å². The van der Waals surface area contributed by atoms with Crippen LogP contribution in [0.4, 0.5) is 0 Å². The molecule has 2 heterocycles. The third-order valence-corrected chi connectivity index (χ3v) is 3.12. The second-order valence-corrected chi connectivity index (χ2v) is 5.24. The molecule has 2 N–H and O–H groups in total. The van der Waals surface area contributed by atoms with Gasteiger partial charge in [-0.1, -0.05) is 0 Å². The van der Waals surface area contributed by atoms with Gasteiger partial charge < -0.3 is 5.73 Å². The van der Waals surface area contributed by atoms with Crippen LogP contribution in [-0.4, -0.2) is 21.0 Å². The molecule has 5 heteroatoms. The lowest BCUT2D eigenvalue weighted by Gasteiger charge is -2.05. The number of aryl methyl sites for hydroxylation is 1. The van der Waals surface area contributed by atoms with Crippen LogP contribution in [-0.2, 0) is 12.8 Å². The van der Waals surface area contributed by atoms with E-state index in [2.05, 4.69) is 20.3 Å². The van der Waals surface area contributed by atoms with E-state index in [4.69, 9.17) is 5.73 Å². The fourth-order valence-electron chi connectivity index (χ4n) is 1.62. The van der Waals surface area contributed by atoms with Gasteiger partial charge in [-0.05, 0) is 19.9 Å². The quantitative estimate of drug-likeness (QED) is 0.894. The van der Waals surface area contributed by atoms with Gasteiger partial charge in [0.05, 0.1) is 17.1 Å². The molecule has 0 aliphatic carbocycles. The van der Waals surface area contributed by atoms with Gasteiger partial charge in [0, 0.05) is 29.7 Å². The molecule has 17 heavy (non-hydrogen) atoms. The van der Waals surface area contributed by atoms with E-state index in [-0.39, 0.29) is 6.04 Å². The van der Waals surface area contributed by atoms with Gasteiger partial charge in [0.1, 0.15) is 5.82 Å². The number of hydrogen-bond donors (Lipinski definition) is 1. The highest BCUT2D eigenvalue weighted by Crippen LogP contribution is 2.11. The number of hydrogen-bond acceptors (Lipinski definition) is 5. The maximum absolute atomic E-state index is 5.76. The first-order valence-electron chi connectivity index (χ1n) is 5.61. The summed E-state index contributed by atoms with van der Waals surface area (Å²) in [5.41, 5.74) is 7.79. The van der Waals surface area contributed by atoms with E-state index >= 15 is 0 Å². The molecule has 0 aliphatic heterocycles. The summed E-state index contributed by atoms with van der Waals surface area (Å²) in [4.78, 5) is 13.2. The molecular weight excluding hydrogens is 232 g/mol. The Hall–Kier alpha value is -1.33. The molecule has 0 saturated carbocycles. The average Bonchev–Trinajstić information content (AvgIpc) is 2.63. The van der Waals surface area contributed by atoms with Gasteiger partial charge in [-0.3, -0.25) is 0 Å². The Labute approximate surface area is 105 Å². The molecule has 0 radical (unpaired) electrons. The molecule has 0 bridgehead atoms. The highest BCUT2D eigenvalue weighted by Gasteiger charge is 2.05. The summed E-state index contributed by atoms with van der Waals surface area (Å²) in [6, 6.07) is 2.04. The second kappa shape index (κ2) is 5.33. The number of thiazole rings is 1. The minimum absolute atomic E-state index is 0.124. The molecule has 0 saturated heterocycles. The maximum atomic E-state index is 5.76. The molecule has 0 amide bonds. The van der Waals surface area contributed by atoms with E-state index < -0.39 is 0 Å². The van der Waals surface area contributed by atoms with Gasteiger partial charge in [0.15, 0.2) is 0 Å². The molecule has 0 fully saturated rings. The summed E-state index contributed by atoms with van der Waals surface area (Å²) in [7, 11) is 0. The maximum Gasteiger partial charge on any atom is 0.134 e. The van der Waals surface area contributed by atoms with Crippen molar-refractivity contribution < 1.29 is 0 Å². The minimum Gasteiger partial charge on any atom is -0.328 e. The van der Waals surface area contributed by atoms with Crippen LogP contribution in [0.25, 0.3) is 0 Å². The van der Waals surface area contributed by atoms with Crippen molar-refractivity contribution in [1.82, 2.24) is 15.0 Å². The Morgan fingerprint density at radius 1 is 1.35 bits per heavy atom. The van der Waals surface area contributed by atoms with Gasteiger partial charge in [-0.15, -0.1) is 11.3 Å². The number of nitrogens with zero attached hydrogens (tertiary/aromatic N) is 3. The summed E-state index contributed by atoms with van der Waals surface area (Å²) in [5, 5.41) is 3.13. The zero-order valence-electron chi connectivity index (χ0n) is 10.1. The monoisotopic (exact) mass is 248 g/mol. The van der Waals surface area contributed by atoms with E-state index in [1.807, 2.05) is 19.9 Å². The summed E-state index contributed by atoms with van der Waals surface area (Å²) < 4.78 is 0. The van der Waals surface area contributed by atoms with Crippen LogP contribution in [0.15, 0.2) is 17.6 Å². The molecule has 1 unspecified atom stereocenters. The van der Waals surface area contributed by atoms with Gasteiger partial charge in [-0.2, -0.15) is 0 Å². The van der Waals surface area contributed by atoms with Crippen molar-refractivity contribution in [3.05, 3.63) is 39.9 Å². The second-order valence-electron chi connectivity index (χ2n) is 4.18. The lowest BCUT2D eigenvalue weighted by Crippen LogP contribution is -2.19. The van der Waals surface area contributed by atoms with Crippen LogP contribution >= 0.6 is 11.3 Å². The first kappa shape index (κ1) is 12.1. The van der Waals surface area contributed by atoms with Crippen LogP contribution in [0.1, 0.15) is 29.1 Å². The predicted molar refractivity (Wildman–Crippen MR) is 69.0 cm³/mol. The fourth-order valence-corrected chi connectivity index (χ4v) is 2.23. The fraction of sp³-hybridized carbons (Fsp3) is 0.417. The van der Waals surface area contributed by atoms with Crippen LogP contribution in [0, 0.1) is 6.92 Å². The van der Waals surface area contributed by atoms with Crippen molar-refractivity contribution in [1.29, 1.82) is 0 Å². The predicted octanol–water partition coefficient (Wildman–Crippen LogP) is 1.72. The standard InChI is InChI=1S/C12H16N4S/c1-8(13)5-10-3-4-14-12(16-10)6-11-7-17-9(2)15-11/h3-4,7-8H,5-6,13H2,1-2H3.